The van der Waals surface area contributed by atoms with E-state index in [1.807, 2.05) is 24.3 Å². The van der Waals surface area contributed by atoms with Gasteiger partial charge in [-0.05, 0) is 6.07 Å². The van der Waals surface area contributed by atoms with Crippen LogP contribution in [0.5, 0.6) is 0 Å². The van der Waals surface area contributed by atoms with Gasteiger partial charge in [-0.25, -0.2) is 9.78 Å². The van der Waals surface area contributed by atoms with E-state index in [0.29, 0.717) is 16.7 Å². The Hall–Kier alpha value is -3.09. The number of hydrazine groups is 1. The lowest BCUT2D eigenvalue weighted by Crippen LogP contribution is -2.34. The Kier molecular flexibility index (Phi) is 2.72. The van der Waals surface area contributed by atoms with Crippen molar-refractivity contribution in [3.8, 4) is 0 Å². The molecule has 100 valence electrons. The van der Waals surface area contributed by atoms with Gasteiger partial charge in [0.05, 0.1) is 10.9 Å². The van der Waals surface area contributed by atoms with E-state index >= 15 is 0 Å². The average molecular weight is 269 g/mol. The molecule has 0 unspecified atom stereocenters. The first-order valence-electron chi connectivity index (χ1n) is 5.88. The molecule has 5 N–H and O–H groups in total. The van der Waals surface area contributed by atoms with Gasteiger partial charge in [-0.2, -0.15) is 0 Å². The van der Waals surface area contributed by atoms with Crippen molar-refractivity contribution in [1.82, 2.24) is 15.4 Å². The molecular formula is C13H11N5O2. The van der Waals surface area contributed by atoms with Crippen LogP contribution in [0.2, 0.25) is 0 Å². The van der Waals surface area contributed by atoms with Gasteiger partial charge < -0.3 is 10.7 Å². The van der Waals surface area contributed by atoms with Crippen LogP contribution in [0.25, 0.3) is 21.8 Å². The summed E-state index contributed by atoms with van der Waals surface area (Å²) in [6.45, 7) is 0. The van der Waals surface area contributed by atoms with Gasteiger partial charge in [0.15, 0.2) is 11.2 Å². The third kappa shape index (κ3) is 1.91. The highest BCUT2D eigenvalue weighted by Gasteiger charge is 2.10. The normalized spacial score (nSPS) is 10.6. The summed E-state index contributed by atoms with van der Waals surface area (Å²) in [5.74, 6) is 0.317. The van der Waals surface area contributed by atoms with E-state index in [2.05, 4.69) is 20.8 Å². The molecule has 20 heavy (non-hydrogen) atoms. The summed E-state index contributed by atoms with van der Waals surface area (Å²) in [6.07, 6.45) is 1.37. The summed E-state index contributed by atoms with van der Waals surface area (Å²) in [5.41, 5.74) is 11.0. The molecule has 7 nitrogen and oxygen atoms in total. The topological polar surface area (TPSA) is 113 Å². The Morgan fingerprint density at radius 3 is 2.85 bits per heavy atom. The first-order valence-corrected chi connectivity index (χ1v) is 5.88. The molecule has 0 spiro atoms. The number of hydrogen-bond donors (Lipinski definition) is 4. The number of carbonyl (C=O) groups is 1. The summed E-state index contributed by atoms with van der Waals surface area (Å²) in [5, 5.41) is 1.31. The molecule has 2 heterocycles. The summed E-state index contributed by atoms with van der Waals surface area (Å²) < 4.78 is 0. The van der Waals surface area contributed by atoms with Crippen LogP contribution in [0.3, 0.4) is 0 Å². The molecule has 3 aromatic rings. The van der Waals surface area contributed by atoms with Crippen LogP contribution < -0.4 is 22.0 Å². The number of nitrogens with one attached hydrogen (secondary N) is 3. The number of aromatic amines is 1. The second kappa shape index (κ2) is 4.54. The molecule has 0 radical (unpaired) electrons. The highest BCUT2D eigenvalue weighted by Crippen LogP contribution is 2.25. The molecule has 0 fully saturated rings. The Balaban J connectivity index is 2.34. The first kappa shape index (κ1) is 12.0. The molecule has 3 rings (SSSR count). The maximum atomic E-state index is 12.1. The van der Waals surface area contributed by atoms with Crippen LogP contribution in [-0.2, 0) is 0 Å². The molecule has 2 aromatic heterocycles. The Labute approximate surface area is 112 Å². The fourth-order valence-corrected chi connectivity index (χ4v) is 2.12. The number of rotatable bonds is 2. The van der Waals surface area contributed by atoms with E-state index in [0.717, 1.165) is 10.9 Å². The number of H-pyrrole nitrogens is 1. The number of nitrogens with zero attached hydrogens (tertiary/aromatic N) is 1. The van der Waals surface area contributed by atoms with Crippen molar-refractivity contribution in [3.63, 3.8) is 0 Å². The van der Waals surface area contributed by atoms with Crippen LogP contribution >= 0.6 is 0 Å². The average Bonchev–Trinajstić information content (AvgIpc) is 2.74. The fourth-order valence-electron chi connectivity index (χ4n) is 2.12. The van der Waals surface area contributed by atoms with Crippen LogP contribution in [0.4, 0.5) is 10.6 Å². The highest BCUT2D eigenvalue weighted by atomic mass is 16.2. The summed E-state index contributed by atoms with van der Waals surface area (Å²) in [6, 6.07) is 8.05. The fraction of sp³-hybridized carbons (Fsp3) is 0. The van der Waals surface area contributed by atoms with Gasteiger partial charge in [-0.3, -0.25) is 15.6 Å². The second-order valence-corrected chi connectivity index (χ2v) is 4.19. The van der Waals surface area contributed by atoms with Gasteiger partial charge in [0.2, 0.25) is 0 Å². The summed E-state index contributed by atoms with van der Waals surface area (Å²) in [4.78, 5) is 30.1. The van der Waals surface area contributed by atoms with Gasteiger partial charge in [0.1, 0.15) is 0 Å². The monoisotopic (exact) mass is 269 g/mol. The van der Waals surface area contributed by atoms with E-state index < -0.39 is 6.03 Å². The third-order valence-electron chi connectivity index (χ3n) is 2.92. The molecule has 2 amide bonds. The number of aromatic nitrogens is 2. The Bertz CT molecular complexity index is 871. The zero-order valence-electron chi connectivity index (χ0n) is 10.3. The number of nitrogens with two attached hydrogens (primary N) is 1. The van der Waals surface area contributed by atoms with Crippen molar-refractivity contribution in [2.45, 2.75) is 0 Å². The van der Waals surface area contributed by atoms with E-state index in [1.54, 1.807) is 0 Å². The van der Waals surface area contributed by atoms with Crippen LogP contribution in [0.1, 0.15) is 0 Å². The number of anilines is 1. The molecule has 0 saturated heterocycles. The lowest BCUT2D eigenvalue weighted by molar-refractivity contribution is 0.250. The van der Waals surface area contributed by atoms with Gasteiger partial charge in [-0.1, -0.05) is 18.2 Å². The van der Waals surface area contributed by atoms with Gasteiger partial charge in [-0.15, -0.1) is 0 Å². The Morgan fingerprint density at radius 1 is 1.25 bits per heavy atom. The molecule has 0 bridgehead atoms. The summed E-state index contributed by atoms with van der Waals surface area (Å²) in [7, 11) is 0. The van der Waals surface area contributed by atoms with Gasteiger partial charge in [0, 0.05) is 23.2 Å². The predicted molar refractivity (Wildman–Crippen MR) is 76.2 cm³/mol. The van der Waals surface area contributed by atoms with Crippen LogP contribution in [0.15, 0.2) is 41.3 Å². The molecule has 0 aliphatic heterocycles. The number of fused-ring (bicyclic) bond motifs is 3. The molecule has 0 saturated carbocycles. The number of carbonyl (C=O) groups excluding carboxylic acids is 1. The van der Waals surface area contributed by atoms with Crippen molar-refractivity contribution in [2.75, 3.05) is 5.43 Å². The number of primary amides is 1. The second-order valence-electron chi connectivity index (χ2n) is 4.19. The lowest BCUT2D eigenvalue weighted by Gasteiger charge is -2.03. The molecule has 1 aromatic carbocycles. The SMILES string of the molecule is NC(=O)NNc1nccc(=O)c2c1[nH]c1ccccc12. The van der Waals surface area contributed by atoms with Crippen molar-refractivity contribution < 1.29 is 4.79 Å². The van der Waals surface area contributed by atoms with Gasteiger partial charge in [0.25, 0.3) is 0 Å². The lowest BCUT2D eigenvalue weighted by atomic mass is 10.2. The van der Waals surface area contributed by atoms with Crippen LogP contribution in [-0.4, -0.2) is 16.0 Å². The summed E-state index contributed by atoms with van der Waals surface area (Å²) >= 11 is 0. The van der Waals surface area contributed by atoms with Crippen molar-refractivity contribution in [1.29, 1.82) is 0 Å². The standard InChI is InChI=1S/C13H11N5O2/c14-13(20)18-17-12-11-10(9(19)5-6-15-12)7-3-1-2-4-8(7)16-11/h1-6,16H,(H,15,17)(H3,14,18,20). The Morgan fingerprint density at radius 2 is 2.05 bits per heavy atom. The van der Waals surface area contributed by atoms with Crippen molar-refractivity contribution >= 4 is 33.7 Å². The smallest absolute Gasteiger partial charge is 0.330 e. The minimum absolute atomic E-state index is 0.155. The number of para-hydroxylation sites is 1. The van der Waals surface area contributed by atoms with Gasteiger partial charge >= 0.3 is 6.03 Å². The molecule has 0 aliphatic rings. The number of hydrogen-bond acceptors (Lipinski definition) is 4. The third-order valence-corrected chi connectivity index (χ3v) is 2.92. The predicted octanol–water partition coefficient (Wildman–Crippen LogP) is 1.07. The molecular weight excluding hydrogens is 258 g/mol. The zero-order chi connectivity index (χ0) is 14.1. The maximum Gasteiger partial charge on any atom is 0.330 e. The molecule has 0 atom stereocenters. The van der Waals surface area contributed by atoms with E-state index in [9.17, 15) is 9.59 Å². The minimum Gasteiger partial charge on any atom is -0.351 e. The van der Waals surface area contributed by atoms with Crippen molar-refractivity contribution in [3.05, 3.63) is 46.8 Å². The largest absolute Gasteiger partial charge is 0.351 e. The van der Waals surface area contributed by atoms with Crippen LogP contribution in [0, 0.1) is 0 Å². The first-order chi connectivity index (χ1) is 9.66. The maximum absolute atomic E-state index is 12.1. The highest BCUT2D eigenvalue weighted by molar-refractivity contribution is 6.09. The minimum atomic E-state index is -0.745. The molecule has 0 aliphatic carbocycles. The van der Waals surface area contributed by atoms with Crippen molar-refractivity contribution in [2.24, 2.45) is 5.73 Å². The molecule has 7 heteroatoms. The van der Waals surface area contributed by atoms with E-state index in [1.165, 1.54) is 12.3 Å². The number of amides is 2. The van der Waals surface area contributed by atoms with E-state index in [4.69, 9.17) is 5.73 Å². The number of urea groups is 1. The zero-order valence-corrected chi connectivity index (χ0v) is 10.3. The quantitative estimate of drug-likeness (QED) is 0.521. The van der Waals surface area contributed by atoms with E-state index in [-0.39, 0.29) is 5.43 Å². The number of benzene rings is 1.